The maximum atomic E-state index is 9.14. The molecule has 0 bridgehead atoms. The molecule has 0 atom stereocenters. The molecule has 0 amide bonds. The summed E-state index contributed by atoms with van der Waals surface area (Å²) in [7, 11) is 0. The van der Waals surface area contributed by atoms with E-state index in [-0.39, 0.29) is 6.61 Å². The number of aromatic nitrogens is 6. The zero-order valence-electron chi connectivity index (χ0n) is 12.9. The lowest BCUT2D eigenvalue weighted by atomic mass is 10.3. The predicted octanol–water partition coefficient (Wildman–Crippen LogP) is 1.44. The van der Waals surface area contributed by atoms with Crippen molar-refractivity contribution in [3.8, 4) is 17.2 Å². The van der Waals surface area contributed by atoms with Crippen LogP contribution in [0.2, 0.25) is 0 Å². The molecule has 0 aliphatic heterocycles. The maximum absolute atomic E-state index is 9.14. The van der Waals surface area contributed by atoms with Gasteiger partial charge in [0.2, 0.25) is 0 Å². The Labute approximate surface area is 128 Å². The number of aliphatic hydroxyl groups is 1. The van der Waals surface area contributed by atoms with E-state index in [2.05, 4.69) is 20.1 Å². The quantitative estimate of drug-likeness (QED) is 0.788. The zero-order valence-corrected chi connectivity index (χ0v) is 12.9. The smallest absolute Gasteiger partial charge is 0.163 e. The van der Waals surface area contributed by atoms with Crippen LogP contribution in [0.5, 0.6) is 0 Å². The highest BCUT2D eigenvalue weighted by Crippen LogP contribution is 2.24. The van der Waals surface area contributed by atoms with Gasteiger partial charge in [-0.25, -0.2) is 15.0 Å². The summed E-state index contributed by atoms with van der Waals surface area (Å²) in [6.07, 6.45) is 5.37. The van der Waals surface area contributed by atoms with Gasteiger partial charge >= 0.3 is 0 Å². The highest BCUT2D eigenvalue weighted by atomic mass is 16.3. The van der Waals surface area contributed by atoms with E-state index in [1.807, 2.05) is 37.6 Å². The molecular formula is C15H18N6O. The Balaban J connectivity index is 2.13. The summed E-state index contributed by atoms with van der Waals surface area (Å²) in [5.41, 5.74) is 3.61. The zero-order chi connectivity index (χ0) is 15.7. The molecule has 3 heterocycles. The summed E-state index contributed by atoms with van der Waals surface area (Å²) >= 11 is 0. The molecule has 0 spiro atoms. The van der Waals surface area contributed by atoms with Gasteiger partial charge in [0.15, 0.2) is 5.82 Å². The minimum Gasteiger partial charge on any atom is -0.394 e. The second-order valence-corrected chi connectivity index (χ2v) is 5.08. The van der Waals surface area contributed by atoms with Crippen molar-refractivity contribution in [2.45, 2.75) is 27.3 Å². The van der Waals surface area contributed by atoms with E-state index in [0.717, 1.165) is 28.6 Å². The molecule has 0 saturated heterocycles. The Morgan fingerprint density at radius 3 is 2.68 bits per heavy atom. The van der Waals surface area contributed by atoms with Crippen molar-refractivity contribution >= 4 is 0 Å². The molecule has 0 saturated carbocycles. The van der Waals surface area contributed by atoms with Crippen molar-refractivity contribution in [3.63, 3.8) is 0 Å². The number of hydrogen-bond donors (Lipinski definition) is 1. The van der Waals surface area contributed by atoms with E-state index in [1.165, 1.54) is 0 Å². The van der Waals surface area contributed by atoms with Crippen LogP contribution in [0.4, 0.5) is 0 Å². The van der Waals surface area contributed by atoms with Gasteiger partial charge in [-0.05, 0) is 26.8 Å². The fraction of sp³-hybridized carbons (Fsp3) is 0.333. The Bertz CT molecular complexity index is 804. The molecule has 7 heteroatoms. The van der Waals surface area contributed by atoms with E-state index in [4.69, 9.17) is 5.11 Å². The second-order valence-electron chi connectivity index (χ2n) is 5.08. The van der Waals surface area contributed by atoms with Gasteiger partial charge in [-0.15, -0.1) is 0 Å². The maximum Gasteiger partial charge on any atom is 0.163 e. The first-order valence-corrected chi connectivity index (χ1v) is 7.10. The summed E-state index contributed by atoms with van der Waals surface area (Å²) in [5.74, 6) is 1.46. The van der Waals surface area contributed by atoms with Crippen LogP contribution in [0, 0.1) is 20.8 Å². The van der Waals surface area contributed by atoms with Crippen LogP contribution in [0.25, 0.3) is 17.2 Å². The molecule has 7 nitrogen and oxygen atoms in total. The lowest BCUT2D eigenvalue weighted by Gasteiger charge is -2.09. The van der Waals surface area contributed by atoms with E-state index in [9.17, 15) is 0 Å². The molecule has 0 radical (unpaired) electrons. The fourth-order valence-electron chi connectivity index (χ4n) is 2.60. The van der Waals surface area contributed by atoms with E-state index >= 15 is 0 Å². The molecule has 1 N–H and O–H groups in total. The van der Waals surface area contributed by atoms with Gasteiger partial charge in [0.1, 0.15) is 11.5 Å². The predicted molar refractivity (Wildman–Crippen MR) is 81.7 cm³/mol. The largest absolute Gasteiger partial charge is 0.394 e. The van der Waals surface area contributed by atoms with Crippen LogP contribution in [0.1, 0.15) is 17.2 Å². The van der Waals surface area contributed by atoms with Crippen molar-refractivity contribution < 1.29 is 5.11 Å². The summed E-state index contributed by atoms with van der Waals surface area (Å²) in [6, 6.07) is 1.84. The van der Waals surface area contributed by atoms with Gasteiger partial charge < -0.3 is 5.11 Å². The molecular weight excluding hydrogens is 280 g/mol. The molecule has 22 heavy (non-hydrogen) atoms. The average Bonchev–Trinajstić information content (AvgIpc) is 3.05. The van der Waals surface area contributed by atoms with E-state index in [1.54, 1.807) is 17.1 Å². The minimum atomic E-state index is 0.0588. The first-order chi connectivity index (χ1) is 10.6. The van der Waals surface area contributed by atoms with Crippen molar-refractivity contribution in [2.75, 3.05) is 6.61 Å². The topological polar surface area (TPSA) is 81.7 Å². The van der Waals surface area contributed by atoms with Gasteiger partial charge in [0, 0.05) is 18.6 Å². The molecule has 3 rings (SSSR count). The number of imidazole rings is 1. The van der Waals surface area contributed by atoms with Crippen LogP contribution in [0.3, 0.4) is 0 Å². The first kappa shape index (κ1) is 14.4. The number of aliphatic hydroxyl groups excluding tert-OH is 1. The minimum absolute atomic E-state index is 0.0588. The SMILES string of the molecule is Cc1nccc(-c2nccn2-c2c(C)nn(CCO)c2C)n1. The first-order valence-electron chi connectivity index (χ1n) is 7.10. The van der Waals surface area contributed by atoms with Gasteiger partial charge in [0.25, 0.3) is 0 Å². The molecule has 0 aromatic carbocycles. The second kappa shape index (κ2) is 5.69. The van der Waals surface area contributed by atoms with Crippen molar-refractivity contribution in [1.82, 2.24) is 29.3 Å². The molecule has 0 aliphatic rings. The summed E-state index contributed by atoms with van der Waals surface area (Å²) < 4.78 is 3.78. The summed E-state index contributed by atoms with van der Waals surface area (Å²) in [5, 5.41) is 13.6. The van der Waals surface area contributed by atoms with Crippen LogP contribution in [-0.2, 0) is 6.54 Å². The third-order valence-corrected chi connectivity index (χ3v) is 3.54. The lowest BCUT2D eigenvalue weighted by molar-refractivity contribution is 0.268. The standard InChI is InChI=1S/C15H18N6O/c1-10-14(11(2)21(19-10)8-9-22)20-7-6-17-15(20)13-4-5-16-12(3)18-13/h4-7,22H,8-9H2,1-3H3. The van der Waals surface area contributed by atoms with Gasteiger partial charge in [-0.1, -0.05) is 0 Å². The van der Waals surface area contributed by atoms with Crippen LogP contribution < -0.4 is 0 Å². The Kier molecular flexibility index (Phi) is 3.72. The Hall–Kier alpha value is -2.54. The lowest BCUT2D eigenvalue weighted by Crippen LogP contribution is -2.07. The number of nitrogens with zero attached hydrogens (tertiary/aromatic N) is 6. The van der Waals surface area contributed by atoms with E-state index < -0.39 is 0 Å². The molecule has 0 unspecified atom stereocenters. The highest BCUT2D eigenvalue weighted by molar-refractivity contribution is 5.56. The van der Waals surface area contributed by atoms with Crippen molar-refractivity contribution in [2.24, 2.45) is 0 Å². The van der Waals surface area contributed by atoms with Gasteiger partial charge in [0.05, 0.1) is 30.2 Å². The number of hydrogen-bond acceptors (Lipinski definition) is 5. The average molecular weight is 298 g/mol. The third-order valence-electron chi connectivity index (χ3n) is 3.54. The Morgan fingerprint density at radius 2 is 1.95 bits per heavy atom. The van der Waals surface area contributed by atoms with E-state index in [0.29, 0.717) is 12.4 Å². The van der Waals surface area contributed by atoms with Crippen molar-refractivity contribution in [3.05, 3.63) is 41.9 Å². The molecule has 3 aromatic rings. The number of aryl methyl sites for hydroxylation is 2. The van der Waals surface area contributed by atoms with Crippen LogP contribution in [0.15, 0.2) is 24.7 Å². The molecule has 0 fully saturated rings. The third kappa shape index (κ3) is 2.39. The van der Waals surface area contributed by atoms with Crippen LogP contribution in [-0.4, -0.2) is 41.0 Å². The summed E-state index contributed by atoms with van der Waals surface area (Å²) in [4.78, 5) is 13.0. The van der Waals surface area contributed by atoms with Crippen molar-refractivity contribution in [1.29, 1.82) is 0 Å². The molecule has 3 aromatic heterocycles. The van der Waals surface area contributed by atoms with Gasteiger partial charge in [-0.2, -0.15) is 5.10 Å². The normalized spacial score (nSPS) is 11.1. The Morgan fingerprint density at radius 1 is 1.14 bits per heavy atom. The monoisotopic (exact) mass is 298 g/mol. The van der Waals surface area contributed by atoms with Crippen LogP contribution >= 0.6 is 0 Å². The molecule has 114 valence electrons. The fourth-order valence-corrected chi connectivity index (χ4v) is 2.60. The summed E-state index contributed by atoms with van der Waals surface area (Å²) in [6.45, 7) is 6.32. The van der Waals surface area contributed by atoms with Gasteiger partial charge in [-0.3, -0.25) is 9.25 Å². The highest BCUT2D eigenvalue weighted by Gasteiger charge is 2.17. The number of rotatable bonds is 4. The molecule has 0 aliphatic carbocycles.